The van der Waals surface area contributed by atoms with E-state index < -0.39 is 14.9 Å². The summed E-state index contributed by atoms with van der Waals surface area (Å²) in [5.74, 6) is -0.368. The van der Waals surface area contributed by atoms with E-state index in [4.69, 9.17) is 5.26 Å². The molecule has 1 rings (SSSR count). The Morgan fingerprint density at radius 1 is 1.50 bits per heavy atom. The van der Waals surface area contributed by atoms with E-state index in [1.807, 2.05) is 0 Å². The first-order valence-corrected chi connectivity index (χ1v) is 6.52. The van der Waals surface area contributed by atoms with Crippen LogP contribution >= 0.6 is 0 Å². The first-order valence-electron chi connectivity index (χ1n) is 4.91. The van der Waals surface area contributed by atoms with E-state index >= 15 is 0 Å². The first-order chi connectivity index (χ1) is 8.36. The third-order valence-electron chi connectivity index (χ3n) is 2.24. The van der Waals surface area contributed by atoms with Gasteiger partial charge in [-0.2, -0.15) is 9.57 Å². The van der Waals surface area contributed by atoms with Gasteiger partial charge in [0.1, 0.15) is 6.54 Å². The van der Waals surface area contributed by atoms with Crippen molar-refractivity contribution in [3.63, 3.8) is 0 Å². The Labute approximate surface area is 104 Å². The second-order valence-corrected chi connectivity index (χ2v) is 5.67. The molecule has 0 aliphatic rings. The van der Waals surface area contributed by atoms with Crippen LogP contribution < -0.4 is 0 Å². The maximum absolute atomic E-state index is 11.8. The van der Waals surface area contributed by atoms with Gasteiger partial charge >= 0.3 is 0 Å². The fourth-order valence-corrected chi connectivity index (χ4v) is 2.35. The van der Waals surface area contributed by atoms with E-state index in [0.29, 0.717) is 5.56 Å². The molecule has 0 spiro atoms. The van der Waals surface area contributed by atoms with Gasteiger partial charge in [0.15, 0.2) is 0 Å². The minimum atomic E-state index is -3.63. The number of hydrogen-bond donors (Lipinski definition) is 0. The Kier molecular flexibility index (Phi) is 4.36. The van der Waals surface area contributed by atoms with Crippen molar-refractivity contribution in [1.82, 2.24) is 4.31 Å². The summed E-state index contributed by atoms with van der Waals surface area (Å²) in [5.41, 5.74) is 0.152. The van der Waals surface area contributed by atoms with Gasteiger partial charge in [-0.1, -0.05) is 12.1 Å². The third kappa shape index (κ3) is 3.51. The Morgan fingerprint density at radius 2 is 2.17 bits per heavy atom. The Bertz CT molecular complexity index is 591. The molecule has 0 heterocycles. The van der Waals surface area contributed by atoms with Gasteiger partial charge < -0.3 is 0 Å². The first kappa shape index (κ1) is 14.1. The molecular formula is C10H11N3O4S. The van der Waals surface area contributed by atoms with Crippen LogP contribution in [-0.4, -0.2) is 31.2 Å². The molecule has 8 heteroatoms. The van der Waals surface area contributed by atoms with Crippen molar-refractivity contribution < 1.29 is 13.3 Å². The number of nitro groups is 1. The molecule has 18 heavy (non-hydrogen) atoms. The smallest absolute Gasteiger partial charge is 0.258 e. The highest BCUT2D eigenvalue weighted by Gasteiger charge is 2.19. The molecule has 7 nitrogen and oxygen atoms in total. The molecule has 0 fully saturated rings. The lowest BCUT2D eigenvalue weighted by molar-refractivity contribution is -0.384. The predicted octanol–water partition coefficient (Wildman–Crippen LogP) is 0.880. The zero-order valence-corrected chi connectivity index (χ0v) is 10.4. The standard InChI is InChI=1S/C10H11N3O4S/c1-12(6-5-11)18(16,17)8-9-3-2-4-10(7-9)13(14)15/h2-4,7H,6,8H2,1H3. The number of nitro benzene ring substituents is 1. The van der Waals surface area contributed by atoms with E-state index in [0.717, 1.165) is 4.31 Å². The van der Waals surface area contributed by atoms with Crippen molar-refractivity contribution in [2.24, 2.45) is 0 Å². The van der Waals surface area contributed by atoms with Crippen LogP contribution in [0.3, 0.4) is 0 Å². The van der Waals surface area contributed by atoms with Crippen LogP contribution in [0.5, 0.6) is 0 Å². The zero-order valence-electron chi connectivity index (χ0n) is 9.61. The van der Waals surface area contributed by atoms with Gasteiger partial charge in [-0.15, -0.1) is 0 Å². The zero-order chi connectivity index (χ0) is 13.8. The van der Waals surface area contributed by atoms with Crippen molar-refractivity contribution in [1.29, 1.82) is 5.26 Å². The fraction of sp³-hybridized carbons (Fsp3) is 0.300. The molecule has 1 aromatic rings. The van der Waals surface area contributed by atoms with Crippen molar-refractivity contribution >= 4 is 15.7 Å². The van der Waals surface area contributed by atoms with Crippen molar-refractivity contribution in [3.05, 3.63) is 39.9 Å². The highest BCUT2D eigenvalue weighted by atomic mass is 32.2. The van der Waals surface area contributed by atoms with E-state index in [9.17, 15) is 18.5 Å². The highest BCUT2D eigenvalue weighted by Crippen LogP contribution is 2.16. The molecular weight excluding hydrogens is 258 g/mol. The van der Waals surface area contributed by atoms with Crippen LogP contribution in [0.15, 0.2) is 24.3 Å². The molecule has 0 saturated carbocycles. The minimum Gasteiger partial charge on any atom is -0.258 e. The summed E-state index contributed by atoms with van der Waals surface area (Å²) < 4.78 is 24.5. The molecule has 0 aliphatic heterocycles. The maximum atomic E-state index is 11.8. The second kappa shape index (κ2) is 5.57. The van der Waals surface area contributed by atoms with E-state index in [1.54, 1.807) is 6.07 Å². The number of rotatable bonds is 5. The van der Waals surface area contributed by atoms with Crippen molar-refractivity contribution in [2.45, 2.75) is 5.75 Å². The van der Waals surface area contributed by atoms with Gasteiger partial charge in [0.25, 0.3) is 5.69 Å². The van der Waals surface area contributed by atoms with E-state index in [1.165, 1.54) is 31.3 Å². The second-order valence-electron chi connectivity index (χ2n) is 3.60. The molecule has 0 N–H and O–H groups in total. The molecule has 0 radical (unpaired) electrons. The van der Waals surface area contributed by atoms with Crippen LogP contribution in [0.25, 0.3) is 0 Å². The van der Waals surface area contributed by atoms with Gasteiger partial charge in [-0.3, -0.25) is 10.1 Å². The molecule has 0 saturated heterocycles. The molecule has 0 aliphatic carbocycles. The minimum absolute atomic E-state index is 0.161. The summed E-state index contributed by atoms with van der Waals surface area (Å²) in [7, 11) is -2.34. The Balaban J connectivity index is 2.95. The monoisotopic (exact) mass is 269 g/mol. The number of sulfonamides is 1. The molecule has 0 unspecified atom stereocenters. The quantitative estimate of drug-likeness (QED) is 0.448. The number of nitrogens with zero attached hydrogens (tertiary/aromatic N) is 3. The van der Waals surface area contributed by atoms with Gasteiger partial charge in [-0.05, 0) is 5.56 Å². The molecule has 0 aromatic heterocycles. The lowest BCUT2D eigenvalue weighted by atomic mass is 10.2. The normalized spacial score (nSPS) is 11.2. The van der Waals surface area contributed by atoms with Gasteiger partial charge in [0, 0.05) is 19.2 Å². The SMILES string of the molecule is CN(CC#N)S(=O)(=O)Cc1cccc([N+](=O)[O-])c1. The van der Waals surface area contributed by atoms with Gasteiger partial charge in [-0.25, -0.2) is 8.42 Å². The van der Waals surface area contributed by atoms with Crippen LogP contribution in [0, 0.1) is 21.4 Å². The van der Waals surface area contributed by atoms with Crippen LogP contribution in [0.4, 0.5) is 5.69 Å². The largest absolute Gasteiger partial charge is 0.269 e. The van der Waals surface area contributed by atoms with Crippen LogP contribution in [0.2, 0.25) is 0 Å². The number of nitriles is 1. The average molecular weight is 269 g/mol. The lowest BCUT2D eigenvalue weighted by Crippen LogP contribution is -2.28. The van der Waals surface area contributed by atoms with Gasteiger partial charge in [0.05, 0.1) is 16.7 Å². The predicted molar refractivity (Wildman–Crippen MR) is 64.0 cm³/mol. The van der Waals surface area contributed by atoms with Crippen molar-refractivity contribution in [3.8, 4) is 6.07 Å². The molecule has 1 aromatic carbocycles. The summed E-state index contributed by atoms with van der Waals surface area (Å²) in [6.07, 6.45) is 0. The maximum Gasteiger partial charge on any atom is 0.269 e. The van der Waals surface area contributed by atoms with Gasteiger partial charge in [0.2, 0.25) is 10.0 Å². The van der Waals surface area contributed by atoms with Crippen LogP contribution in [0.1, 0.15) is 5.56 Å². The summed E-state index contributed by atoms with van der Waals surface area (Å²) in [5, 5.41) is 19.0. The average Bonchev–Trinajstić information content (AvgIpc) is 2.29. The Morgan fingerprint density at radius 3 is 2.72 bits per heavy atom. The molecule has 0 amide bonds. The Hall–Kier alpha value is -1.98. The van der Waals surface area contributed by atoms with Crippen molar-refractivity contribution in [2.75, 3.05) is 13.6 Å². The topological polar surface area (TPSA) is 104 Å². The number of non-ortho nitro benzene ring substituents is 1. The molecule has 0 bridgehead atoms. The number of hydrogen-bond acceptors (Lipinski definition) is 5. The fourth-order valence-electron chi connectivity index (χ4n) is 1.28. The summed E-state index contributed by atoms with van der Waals surface area (Å²) in [4.78, 5) is 9.97. The third-order valence-corrected chi connectivity index (χ3v) is 4.02. The number of benzene rings is 1. The molecule has 0 atom stereocenters. The van der Waals surface area contributed by atoms with E-state index in [2.05, 4.69) is 0 Å². The highest BCUT2D eigenvalue weighted by molar-refractivity contribution is 7.88. The lowest BCUT2D eigenvalue weighted by Gasteiger charge is -2.13. The summed E-state index contributed by atoms with van der Waals surface area (Å²) in [6, 6.07) is 7.14. The van der Waals surface area contributed by atoms with E-state index in [-0.39, 0.29) is 18.0 Å². The summed E-state index contributed by atoms with van der Waals surface area (Å²) in [6.45, 7) is -0.253. The van der Waals surface area contributed by atoms with Crippen LogP contribution in [-0.2, 0) is 15.8 Å². The summed E-state index contributed by atoms with van der Waals surface area (Å²) >= 11 is 0. The molecule has 96 valence electrons.